The van der Waals surface area contributed by atoms with Crippen LogP contribution >= 0.6 is 0 Å². The van der Waals surface area contributed by atoms with Gasteiger partial charge in [0.05, 0.1) is 11.9 Å². The molecule has 84 valence electrons. The fraction of sp³-hybridized carbons (Fsp3) is 0.400. The van der Waals surface area contributed by atoms with Crippen molar-refractivity contribution in [2.24, 2.45) is 5.73 Å². The molecule has 3 N–H and O–H groups in total. The molecule has 4 nitrogen and oxygen atoms in total. The summed E-state index contributed by atoms with van der Waals surface area (Å²) < 4.78 is 24.5. The zero-order valence-corrected chi connectivity index (χ0v) is 9.93. The molecule has 0 fully saturated rings. The Labute approximate surface area is 90.5 Å². The minimum absolute atomic E-state index is 0.0454. The van der Waals surface area contributed by atoms with Crippen LogP contribution < -0.4 is 10.5 Å². The lowest BCUT2D eigenvalue weighted by atomic mass is 10.1. The van der Waals surface area contributed by atoms with Crippen molar-refractivity contribution < 1.29 is 8.42 Å². The van der Waals surface area contributed by atoms with Gasteiger partial charge in [-0.25, -0.2) is 8.42 Å². The van der Waals surface area contributed by atoms with Crippen molar-refractivity contribution in [2.45, 2.75) is 19.9 Å². The predicted molar refractivity (Wildman–Crippen MR) is 62.2 cm³/mol. The summed E-state index contributed by atoms with van der Waals surface area (Å²) >= 11 is 0. The molecule has 0 saturated heterocycles. The van der Waals surface area contributed by atoms with Crippen LogP contribution in [-0.4, -0.2) is 14.7 Å². The molecule has 1 unspecified atom stereocenters. The SMILES string of the molecule is Cc1cc(C(C)N)ccc1NS(C)(=O)=O. The largest absolute Gasteiger partial charge is 0.324 e. The zero-order valence-electron chi connectivity index (χ0n) is 9.11. The van der Waals surface area contributed by atoms with Gasteiger partial charge >= 0.3 is 0 Å². The molecule has 0 amide bonds. The summed E-state index contributed by atoms with van der Waals surface area (Å²) in [5.41, 5.74) is 8.18. The zero-order chi connectivity index (χ0) is 11.6. The van der Waals surface area contributed by atoms with Crippen molar-refractivity contribution in [1.82, 2.24) is 0 Å². The van der Waals surface area contributed by atoms with Crippen molar-refractivity contribution in [3.63, 3.8) is 0 Å². The van der Waals surface area contributed by atoms with Crippen LogP contribution in [0.25, 0.3) is 0 Å². The Morgan fingerprint density at radius 1 is 1.40 bits per heavy atom. The molecule has 0 aliphatic rings. The second-order valence-electron chi connectivity index (χ2n) is 3.74. The number of sulfonamides is 1. The van der Waals surface area contributed by atoms with Crippen LogP contribution in [0.1, 0.15) is 24.1 Å². The summed E-state index contributed by atoms with van der Waals surface area (Å²) in [6.45, 7) is 3.73. The smallest absolute Gasteiger partial charge is 0.229 e. The molecule has 0 spiro atoms. The molecule has 1 rings (SSSR count). The van der Waals surface area contributed by atoms with Crippen molar-refractivity contribution in [1.29, 1.82) is 0 Å². The molecule has 0 aromatic heterocycles. The minimum Gasteiger partial charge on any atom is -0.324 e. The predicted octanol–water partition coefficient (Wildman–Crippen LogP) is 1.39. The minimum atomic E-state index is -3.21. The lowest BCUT2D eigenvalue weighted by Crippen LogP contribution is -2.11. The van der Waals surface area contributed by atoms with E-state index in [4.69, 9.17) is 5.73 Å². The fourth-order valence-electron chi connectivity index (χ4n) is 1.28. The van der Waals surface area contributed by atoms with Crippen LogP contribution in [0, 0.1) is 6.92 Å². The van der Waals surface area contributed by atoms with Crippen molar-refractivity contribution in [3.8, 4) is 0 Å². The highest BCUT2D eigenvalue weighted by molar-refractivity contribution is 7.92. The van der Waals surface area contributed by atoms with E-state index < -0.39 is 10.0 Å². The van der Waals surface area contributed by atoms with Gasteiger partial charge in [0.2, 0.25) is 10.0 Å². The number of nitrogens with one attached hydrogen (secondary N) is 1. The molecule has 0 aliphatic heterocycles. The first-order chi connectivity index (χ1) is 6.79. The van der Waals surface area contributed by atoms with Gasteiger partial charge in [0.25, 0.3) is 0 Å². The maximum absolute atomic E-state index is 11.0. The van der Waals surface area contributed by atoms with E-state index >= 15 is 0 Å². The Balaban J connectivity index is 3.04. The molecule has 0 aliphatic carbocycles. The maximum atomic E-state index is 11.0. The number of rotatable bonds is 3. The molecule has 1 atom stereocenters. The summed E-state index contributed by atoms with van der Waals surface area (Å²) in [5, 5.41) is 0. The summed E-state index contributed by atoms with van der Waals surface area (Å²) in [4.78, 5) is 0. The van der Waals surface area contributed by atoms with Gasteiger partial charge in [-0.2, -0.15) is 0 Å². The van der Waals surface area contributed by atoms with E-state index in [0.29, 0.717) is 5.69 Å². The Kier molecular flexibility index (Phi) is 3.36. The van der Waals surface area contributed by atoms with Crippen LogP contribution in [-0.2, 0) is 10.0 Å². The second-order valence-corrected chi connectivity index (χ2v) is 5.49. The molecule has 0 bridgehead atoms. The van der Waals surface area contributed by atoms with E-state index in [2.05, 4.69) is 4.72 Å². The Hall–Kier alpha value is -1.07. The topological polar surface area (TPSA) is 72.2 Å². The van der Waals surface area contributed by atoms with Crippen LogP contribution in [0.3, 0.4) is 0 Å². The summed E-state index contributed by atoms with van der Waals surface area (Å²) in [6.07, 6.45) is 1.13. The first kappa shape index (κ1) is 12.0. The van der Waals surface area contributed by atoms with Gasteiger partial charge in [-0.3, -0.25) is 4.72 Å². The third-order valence-corrected chi connectivity index (χ3v) is 2.66. The third kappa shape index (κ3) is 3.53. The van der Waals surface area contributed by atoms with E-state index in [-0.39, 0.29) is 6.04 Å². The summed E-state index contributed by atoms with van der Waals surface area (Å²) in [7, 11) is -3.21. The molecule has 0 saturated carbocycles. The van der Waals surface area contributed by atoms with Gasteiger partial charge in [0.1, 0.15) is 0 Å². The average Bonchev–Trinajstić information content (AvgIpc) is 2.05. The van der Waals surface area contributed by atoms with Crippen molar-refractivity contribution in [3.05, 3.63) is 29.3 Å². The van der Waals surface area contributed by atoms with Gasteiger partial charge in [-0.1, -0.05) is 12.1 Å². The average molecular weight is 228 g/mol. The number of anilines is 1. The van der Waals surface area contributed by atoms with E-state index in [1.165, 1.54) is 0 Å². The molecular weight excluding hydrogens is 212 g/mol. The lowest BCUT2D eigenvalue weighted by Gasteiger charge is -2.11. The Bertz CT molecular complexity index is 452. The molecule has 5 heteroatoms. The van der Waals surface area contributed by atoms with Crippen molar-refractivity contribution in [2.75, 3.05) is 11.0 Å². The van der Waals surface area contributed by atoms with Crippen LogP contribution in [0.5, 0.6) is 0 Å². The number of hydrogen-bond donors (Lipinski definition) is 2. The van der Waals surface area contributed by atoms with Gasteiger partial charge in [0.15, 0.2) is 0 Å². The highest BCUT2D eigenvalue weighted by atomic mass is 32.2. The third-order valence-electron chi connectivity index (χ3n) is 2.07. The standard InChI is InChI=1S/C10H16N2O2S/c1-7-6-9(8(2)11)4-5-10(7)12-15(3,13)14/h4-6,8,12H,11H2,1-3H3. The first-order valence-electron chi connectivity index (χ1n) is 4.63. The highest BCUT2D eigenvalue weighted by Crippen LogP contribution is 2.20. The van der Waals surface area contributed by atoms with E-state index in [1.54, 1.807) is 6.07 Å². The van der Waals surface area contributed by atoms with Gasteiger partial charge < -0.3 is 5.73 Å². The maximum Gasteiger partial charge on any atom is 0.229 e. The second kappa shape index (κ2) is 4.20. The summed E-state index contributed by atoms with van der Waals surface area (Å²) in [5.74, 6) is 0. The molecule has 0 radical (unpaired) electrons. The number of aryl methyl sites for hydroxylation is 1. The fourth-order valence-corrected chi connectivity index (χ4v) is 1.91. The van der Waals surface area contributed by atoms with Gasteiger partial charge in [0, 0.05) is 6.04 Å². The quantitative estimate of drug-likeness (QED) is 0.821. The van der Waals surface area contributed by atoms with Gasteiger partial charge in [-0.05, 0) is 31.0 Å². The van der Waals surface area contributed by atoms with Crippen LogP contribution in [0.15, 0.2) is 18.2 Å². The number of hydrogen-bond acceptors (Lipinski definition) is 3. The number of nitrogens with two attached hydrogens (primary N) is 1. The molecule has 15 heavy (non-hydrogen) atoms. The first-order valence-corrected chi connectivity index (χ1v) is 6.52. The van der Waals surface area contributed by atoms with E-state index in [1.807, 2.05) is 26.0 Å². The molecule has 1 aromatic carbocycles. The number of benzene rings is 1. The molecule has 1 aromatic rings. The lowest BCUT2D eigenvalue weighted by molar-refractivity contribution is 0.607. The monoisotopic (exact) mass is 228 g/mol. The highest BCUT2D eigenvalue weighted by Gasteiger charge is 2.06. The van der Waals surface area contributed by atoms with Crippen LogP contribution in [0.4, 0.5) is 5.69 Å². The summed E-state index contributed by atoms with van der Waals surface area (Å²) in [6, 6.07) is 5.40. The molecular formula is C10H16N2O2S. The Morgan fingerprint density at radius 2 is 2.00 bits per heavy atom. The van der Waals surface area contributed by atoms with E-state index in [0.717, 1.165) is 17.4 Å². The van der Waals surface area contributed by atoms with Gasteiger partial charge in [-0.15, -0.1) is 0 Å². The van der Waals surface area contributed by atoms with Crippen molar-refractivity contribution >= 4 is 15.7 Å². The molecule has 0 heterocycles. The van der Waals surface area contributed by atoms with E-state index in [9.17, 15) is 8.42 Å². The normalized spacial score (nSPS) is 13.6. The van der Waals surface area contributed by atoms with Crippen LogP contribution in [0.2, 0.25) is 0 Å². The Morgan fingerprint density at radius 3 is 2.40 bits per heavy atom.